The van der Waals surface area contributed by atoms with Crippen molar-refractivity contribution in [2.75, 3.05) is 0 Å². The van der Waals surface area contributed by atoms with E-state index in [2.05, 4.69) is 15.3 Å². The van der Waals surface area contributed by atoms with E-state index in [9.17, 15) is 0 Å². The molecule has 5 heteroatoms. The fourth-order valence-electron chi connectivity index (χ4n) is 2.43. The molecule has 16 heavy (non-hydrogen) atoms. The lowest BCUT2D eigenvalue weighted by molar-refractivity contribution is 0.331. The molecule has 0 amide bonds. The zero-order valence-electron chi connectivity index (χ0n) is 8.93. The summed E-state index contributed by atoms with van der Waals surface area (Å²) in [6.07, 6.45) is 8.01. The molecular formula is C11H13ClN4. The van der Waals surface area contributed by atoms with E-state index in [1.165, 1.54) is 32.1 Å². The third kappa shape index (κ3) is 1.57. The molecule has 2 heterocycles. The van der Waals surface area contributed by atoms with Crippen molar-refractivity contribution in [2.45, 2.75) is 38.1 Å². The van der Waals surface area contributed by atoms with Crippen LogP contribution in [0.4, 0.5) is 0 Å². The number of hydrogen-bond donors (Lipinski definition) is 0. The van der Waals surface area contributed by atoms with Crippen LogP contribution in [0.1, 0.15) is 38.1 Å². The summed E-state index contributed by atoms with van der Waals surface area (Å²) in [4.78, 5) is 4.02. The van der Waals surface area contributed by atoms with E-state index in [0.29, 0.717) is 11.2 Å². The van der Waals surface area contributed by atoms with Gasteiger partial charge in [0.2, 0.25) is 0 Å². The molecular weight excluding hydrogens is 224 g/mol. The van der Waals surface area contributed by atoms with Gasteiger partial charge in [0.15, 0.2) is 5.15 Å². The third-order valence-corrected chi connectivity index (χ3v) is 3.54. The van der Waals surface area contributed by atoms with Gasteiger partial charge < -0.3 is 0 Å². The Morgan fingerprint density at radius 3 is 2.88 bits per heavy atom. The lowest BCUT2D eigenvalue weighted by atomic mass is 9.95. The Labute approximate surface area is 98.6 Å². The Hall–Kier alpha value is -1.16. The number of fused-ring (bicyclic) bond motifs is 1. The standard InChI is InChI=1S/C11H13ClN4/c12-11-10-9(6-7-13-11)16(15-14-10)8-4-2-1-3-5-8/h6-8H,1-5H2. The van der Waals surface area contributed by atoms with Crippen molar-refractivity contribution < 1.29 is 0 Å². The molecule has 3 rings (SSSR count). The summed E-state index contributed by atoms with van der Waals surface area (Å²) >= 11 is 5.98. The summed E-state index contributed by atoms with van der Waals surface area (Å²) in [6.45, 7) is 0. The maximum atomic E-state index is 5.98. The van der Waals surface area contributed by atoms with Gasteiger partial charge in [0, 0.05) is 6.20 Å². The zero-order chi connectivity index (χ0) is 11.0. The molecule has 0 atom stereocenters. The zero-order valence-corrected chi connectivity index (χ0v) is 9.69. The van der Waals surface area contributed by atoms with Crippen molar-refractivity contribution in [3.63, 3.8) is 0 Å². The molecule has 84 valence electrons. The van der Waals surface area contributed by atoms with E-state index in [4.69, 9.17) is 11.6 Å². The quantitative estimate of drug-likeness (QED) is 0.715. The lowest BCUT2D eigenvalue weighted by Gasteiger charge is -2.21. The van der Waals surface area contributed by atoms with Gasteiger partial charge in [0.05, 0.1) is 11.6 Å². The first-order valence-electron chi connectivity index (χ1n) is 5.71. The average molecular weight is 237 g/mol. The molecule has 0 spiro atoms. The van der Waals surface area contributed by atoms with Crippen molar-refractivity contribution in [3.8, 4) is 0 Å². The van der Waals surface area contributed by atoms with Crippen LogP contribution in [0.5, 0.6) is 0 Å². The van der Waals surface area contributed by atoms with Crippen LogP contribution in [-0.2, 0) is 0 Å². The summed E-state index contributed by atoms with van der Waals surface area (Å²) in [5.41, 5.74) is 1.72. The van der Waals surface area contributed by atoms with Crippen molar-refractivity contribution in [3.05, 3.63) is 17.4 Å². The van der Waals surface area contributed by atoms with Crippen molar-refractivity contribution in [2.24, 2.45) is 0 Å². The summed E-state index contributed by atoms with van der Waals surface area (Å²) in [5.74, 6) is 0. The fourth-order valence-corrected chi connectivity index (χ4v) is 2.62. The van der Waals surface area contributed by atoms with Gasteiger partial charge >= 0.3 is 0 Å². The summed E-state index contributed by atoms with van der Waals surface area (Å²) < 4.78 is 2.02. The highest BCUT2D eigenvalue weighted by atomic mass is 35.5. The molecule has 0 bridgehead atoms. The van der Waals surface area contributed by atoms with Gasteiger partial charge in [0.1, 0.15) is 5.52 Å². The fraction of sp³-hybridized carbons (Fsp3) is 0.545. The monoisotopic (exact) mass is 236 g/mol. The largest absolute Gasteiger partial charge is 0.242 e. The SMILES string of the molecule is Clc1nccc2c1nnn2C1CCCCC1. The minimum atomic E-state index is 0.444. The van der Waals surface area contributed by atoms with Gasteiger partial charge in [-0.05, 0) is 18.9 Å². The van der Waals surface area contributed by atoms with E-state index < -0.39 is 0 Å². The molecule has 1 aliphatic rings. The number of aromatic nitrogens is 4. The number of nitrogens with zero attached hydrogens (tertiary/aromatic N) is 4. The van der Waals surface area contributed by atoms with Crippen LogP contribution < -0.4 is 0 Å². The average Bonchev–Trinajstić information content (AvgIpc) is 2.75. The van der Waals surface area contributed by atoms with Crippen LogP contribution in [0.3, 0.4) is 0 Å². The second-order valence-corrected chi connectivity index (χ2v) is 4.65. The number of pyridine rings is 1. The van der Waals surface area contributed by atoms with E-state index in [-0.39, 0.29) is 0 Å². The van der Waals surface area contributed by atoms with Crippen molar-refractivity contribution in [1.82, 2.24) is 20.0 Å². The molecule has 1 saturated carbocycles. The Bertz CT molecular complexity index is 502. The summed E-state index contributed by atoms with van der Waals surface area (Å²) in [6, 6.07) is 2.42. The first-order chi connectivity index (χ1) is 7.86. The number of rotatable bonds is 1. The Balaban J connectivity index is 2.06. The van der Waals surface area contributed by atoms with E-state index >= 15 is 0 Å². The minimum Gasteiger partial charge on any atom is -0.242 e. The second kappa shape index (κ2) is 4.01. The van der Waals surface area contributed by atoms with Crippen LogP contribution in [0, 0.1) is 0 Å². The Kier molecular flexibility index (Phi) is 2.52. The molecule has 0 saturated heterocycles. The maximum absolute atomic E-state index is 5.98. The van der Waals surface area contributed by atoms with Gasteiger partial charge in [-0.2, -0.15) is 0 Å². The Morgan fingerprint density at radius 1 is 1.25 bits per heavy atom. The molecule has 0 aromatic carbocycles. The lowest BCUT2D eigenvalue weighted by Crippen LogP contribution is -2.14. The highest BCUT2D eigenvalue weighted by Crippen LogP contribution is 2.30. The first kappa shape index (κ1) is 10.0. The number of hydrogen-bond acceptors (Lipinski definition) is 3. The van der Waals surface area contributed by atoms with E-state index in [0.717, 1.165) is 11.0 Å². The van der Waals surface area contributed by atoms with Crippen LogP contribution in [0.25, 0.3) is 11.0 Å². The molecule has 0 unspecified atom stereocenters. The van der Waals surface area contributed by atoms with Crippen molar-refractivity contribution in [1.29, 1.82) is 0 Å². The molecule has 4 nitrogen and oxygen atoms in total. The Morgan fingerprint density at radius 2 is 2.06 bits per heavy atom. The van der Waals surface area contributed by atoms with Crippen molar-refractivity contribution >= 4 is 22.6 Å². The van der Waals surface area contributed by atoms with Gasteiger partial charge in [-0.15, -0.1) is 5.10 Å². The molecule has 0 N–H and O–H groups in total. The summed E-state index contributed by atoms with van der Waals surface area (Å²) in [5, 5.41) is 8.78. The summed E-state index contributed by atoms with van der Waals surface area (Å²) in [7, 11) is 0. The van der Waals surface area contributed by atoms with E-state index in [1.807, 2.05) is 10.7 Å². The molecule has 1 fully saturated rings. The topological polar surface area (TPSA) is 43.6 Å². The highest BCUT2D eigenvalue weighted by Gasteiger charge is 2.19. The molecule has 0 aliphatic heterocycles. The smallest absolute Gasteiger partial charge is 0.158 e. The van der Waals surface area contributed by atoms with Gasteiger partial charge in [0.25, 0.3) is 0 Å². The van der Waals surface area contributed by atoms with Crippen LogP contribution in [0.15, 0.2) is 12.3 Å². The number of halogens is 1. The van der Waals surface area contributed by atoms with E-state index in [1.54, 1.807) is 6.20 Å². The molecule has 1 aliphatic carbocycles. The first-order valence-corrected chi connectivity index (χ1v) is 6.09. The van der Waals surface area contributed by atoms with Crippen LogP contribution in [-0.4, -0.2) is 20.0 Å². The highest BCUT2D eigenvalue weighted by molar-refractivity contribution is 6.33. The normalized spacial score (nSPS) is 18.1. The van der Waals surface area contributed by atoms with Gasteiger partial charge in [-0.1, -0.05) is 36.1 Å². The molecule has 2 aromatic rings. The maximum Gasteiger partial charge on any atom is 0.158 e. The molecule has 0 radical (unpaired) electrons. The third-order valence-electron chi connectivity index (χ3n) is 3.27. The molecule has 2 aromatic heterocycles. The minimum absolute atomic E-state index is 0.444. The predicted molar refractivity (Wildman–Crippen MR) is 62.5 cm³/mol. The second-order valence-electron chi connectivity index (χ2n) is 4.30. The van der Waals surface area contributed by atoms with Gasteiger partial charge in [-0.25, -0.2) is 9.67 Å². The predicted octanol–water partition coefficient (Wildman–Crippen LogP) is 2.98. The van der Waals surface area contributed by atoms with Crippen LogP contribution in [0.2, 0.25) is 5.15 Å². The van der Waals surface area contributed by atoms with Crippen LogP contribution >= 0.6 is 11.6 Å². The van der Waals surface area contributed by atoms with Gasteiger partial charge in [-0.3, -0.25) is 0 Å².